The highest BCUT2D eigenvalue weighted by atomic mass is 16.4. The van der Waals surface area contributed by atoms with E-state index in [4.69, 9.17) is 5.11 Å². The van der Waals surface area contributed by atoms with Crippen molar-refractivity contribution in [2.45, 2.75) is 38.0 Å². The van der Waals surface area contributed by atoms with E-state index in [0.717, 1.165) is 18.5 Å². The van der Waals surface area contributed by atoms with E-state index in [1.165, 1.54) is 19.3 Å². The summed E-state index contributed by atoms with van der Waals surface area (Å²) in [6.07, 6.45) is 7.51. The van der Waals surface area contributed by atoms with E-state index >= 15 is 0 Å². The van der Waals surface area contributed by atoms with Gasteiger partial charge in [0.25, 0.3) is 0 Å². The third kappa shape index (κ3) is 2.17. The minimum Gasteiger partial charge on any atom is -0.478 e. The minimum absolute atomic E-state index is 0.353. The number of carboxylic acid groups (broad SMARTS) is 1. The summed E-state index contributed by atoms with van der Waals surface area (Å²) >= 11 is 0. The van der Waals surface area contributed by atoms with Crippen LogP contribution in [0.5, 0.6) is 0 Å². The highest BCUT2D eigenvalue weighted by Crippen LogP contribution is 2.32. The van der Waals surface area contributed by atoms with Crippen LogP contribution in [-0.4, -0.2) is 16.1 Å². The minimum atomic E-state index is -0.858. The van der Waals surface area contributed by atoms with Gasteiger partial charge in [0.1, 0.15) is 0 Å². The van der Waals surface area contributed by atoms with Crippen LogP contribution >= 0.6 is 0 Å². The van der Waals surface area contributed by atoms with Gasteiger partial charge in [0.05, 0.1) is 11.3 Å². The first-order chi connectivity index (χ1) is 7.29. The zero-order valence-corrected chi connectivity index (χ0v) is 8.65. The third-order valence-corrected chi connectivity index (χ3v) is 3.06. The fourth-order valence-corrected chi connectivity index (χ4v) is 2.30. The number of hydrogen-bond donors (Lipinski definition) is 1. The molecule has 1 aliphatic carbocycles. The zero-order chi connectivity index (χ0) is 10.7. The average molecular weight is 205 g/mol. The molecule has 3 heteroatoms. The van der Waals surface area contributed by atoms with Crippen molar-refractivity contribution >= 4 is 5.97 Å². The lowest BCUT2D eigenvalue weighted by Crippen LogP contribution is -2.12. The average Bonchev–Trinajstić information content (AvgIpc) is 2.30. The van der Waals surface area contributed by atoms with Crippen molar-refractivity contribution in [2.75, 3.05) is 0 Å². The summed E-state index contributed by atoms with van der Waals surface area (Å²) in [7, 11) is 0. The van der Waals surface area contributed by atoms with E-state index in [1.807, 2.05) is 0 Å². The molecule has 1 aromatic rings. The van der Waals surface area contributed by atoms with Gasteiger partial charge >= 0.3 is 5.97 Å². The van der Waals surface area contributed by atoms with Crippen LogP contribution in [0.25, 0.3) is 0 Å². The van der Waals surface area contributed by atoms with Crippen molar-refractivity contribution in [3.05, 3.63) is 29.6 Å². The van der Waals surface area contributed by atoms with Crippen LogP contribution in [0.3, 0.4) is 0 Å². The van der Waals surface area contributed by atoms with Crippen LogP contribution < -0.4 is 0 Å². The van der Waals surface area contributed by atoms with E-state index < -0.39 is 5.97 Å². The van der Waals surface area contributed by atoms with Crippen LogP contribution in [0.15, 0.2) is 18.3 Å². The predicted octanol–water partition coefficient (Wildman–Crippen LogP) is 2.83. The second-order valence-electron chi connectivity index (χ2n) is 4.08. The van der Waals surface area contributed by atoms with Crippen LogP contribution in [0, 0.1) is 0 Å². The van der Waals surface area contributed by atoms with Gasteiger partial charge in [0.15, 0.2) is 0 Å². The highest BCUT2D eigenvalue weighted by Gasteiger charge is 2.21. The van der Waals surface area contributed by atoms with Crippen LogP contribution in [-0.2, 0) is 0 Å². The maximum Gasteiger partial charge on any atom is 0.337 e. The van der Waals surface area contributed by atoms with Crippen molar-refractivity contribution in [1.29, 1.82) is 0 Å². The molecule has 1 saturated carbocycles. The van der Waals surface area contributed by atoms with Gasteiger partial charge in [-0.15, -0.1) is 0 Å². The Hall–Kier alpha value is -1.38. The monoisotopic (exact) mass is 205 g/mol. The lowest BCUT2D eigenvalue weighted by Gasteiger charge is -2.22. The second-order valence-corrected chi connectivity index (χ2v) is 4.08. The molecule has 1 aliphatic rings. The van der Waals surface area contributed by atoms with Crippen molar-refractivity contribution in [3.8, 4) is 0 Å². The standard InChI is InChI=1S/C12H15NO2/c14-12(15)10-7-4-8-13-11(10)9-5-2-1-3-6-9/h4,7-9H,1-3,5-6H2,(H,14,15). The van der Waals surface area contributed by atoms with Gasteiger partial charge in [-0.1, -0.05) is 19.3 Å². The molecule has 0 aliphatic heterocycles. The van der Waals surface area contributed by atoms with E-state index in [2.05, 4.69) is 4.98 Å². The molecule has 2 rings (SSSR count). The lowest BCUT2D eigenvalue weighted by molar-refractivity contribution is 0.0694. The summed E-state index contributed by atoms with van der Waals surface area (Å²) in [5, 5.41) is 9.06. The molecule has 0 spiro atoms. The molecular weight excluding hydrogens is 190 g/mol. The Kier molecular flexibility index (Phi) is 2.99. The normalized spacial score (nSPS) is 17.6. The van der Waals surface area contributed by atoms with Gasteiger partial charge < -0.3 is 5.11 Å². The van der Waals surface area contributed by atoms with E-state index in [0.29, 0.717) is 11.5 Å². The number of carbonyl (C=O) groups is 1. The maximum absolute atomic E-state index is 11.0. The molecule has 1 N–H and O–H groups in total. The van der Waals surface area contributed by atoms with E-state index in [9.17, 15) is 4.79 Å². The number of aromatic carboxylic acids is 1. The van der Waals surface area contributed by atoms with E-state index in [1.54, 1.807) is 18.3 Å². The van der Waals surface area contributed by atoms with E-state index in [-0.39, 0.29) is 0 Å². The van der Waals surface area contributed by atoms with Gasteiger partial charge in [-0.3, -0.25) is 4.98 Å². The molecule has 0 atom stereocenters. The number of rotatable bonds is 2. The molecule has 80 valence electrons. The summed E-state index contributed by atoms with van der Waals surface area (Å²) < 4.78 is 0. The Morgan fingerprint density at radius 2 is 2.07 bits per heavy atom. The SMILES string of the molecule is O=C(O)c1cccnc1C1CCCCC1. The van der Waals surface area contributed by atoms with Crippen molar-refractivity contribution in [2.24, 2.45) is 0 Å². The Labute approximate surface area is 89.2 Å². The molecule has 0 amide bonds. The Balaban J connectivity index is 2.29. The molecule has 15 heavy (non-hydrogen) atoms. The topological polar surface area (TPSA) is 50.2 Å². The molecule has 0 saturated heterocycles. The van der Waals surface area contributed by atoms with Gasteiger partial charge in [-0.25, -0.2) is 4.79 Å². The molecule has 0 unspecified atom stereocenters. The van der Waals surface area contributed by atoms with Crippen molar-refractivity contribution in [3.63, 3.8) is 0 Å². The third-order valence-electron chi connectivity index (χ3n) is 3.06. The molecular formula is C12H15NO2. The van der Waals surface area contributed by atoms with Gasteiger partial charge in [0, 0.05) is 12.1 Å². The van der Waals surface area contributed by atoms with Crippen molar-refractivity contribution in [1.82, 2.24) is 4.98 Å². The number of carboxylic acids is 1. The predicted molar refractivity (Wildman–Crippen MR) is 57.0 cm³/mol. The largest absolute Gasteiger partial charge is 0.478 e. The Morgan fingerprint density at radius 1 is 1.33 bits per heavy atom. The first kappa shape index (κ1) is 10.1. The fourth-order valence-electron chi connectivity index (χ4n) is 2.30. The quantitative estimate of drug-likeness (QED) is 0.807. The first-order valence-corrected chi connectivity index (χ1v) is 5.47. The molecule has 1 heterocycles. The summed E-state index contributed by atoms with van der Waals surface area (Å²) in [6.45, 7) is 0. The molecule has 1 aromatic heterocycles. The number of pyridine rings is 1. The zero-order valence-electron chi connectivity index (χ0n) is 8.65. The van der Waals surface area contributed by atoms with Gasteiger partial charge in [-0.2, -0.15) is 0 Å². The van der Waals surface area contributed by atoms with Gasteiger partial charge in [-0.05, 0) is 25.0 Å². The molecule has 0 radical (unpaired) electrons. The first-order valence-electron chi connectivity index (χ1n) is 5.47. The number of nitrogens with zero attached hydrogens (tertiary/aromatic N) is 1. The van der Waals surface area contributed by atoms with Crippen molar-refractivity contribution < 1.29 is 9.90 Å². The second kappa shape index (κ2) is 4.43. The summed E-state index contributed by atoms with van der Waals surface area (Å²) in [5.74, 6) is -0.505. The Bertz CT molecular complexity index is 356. The smallest absolute Gasteiger partial charge is 0.337 e. The van der Waals surface area contributed by atoms with Crippen LogP contribution in [0.4, 0.5) is 0 Å². The molecule has 0 aromatic carbocycles. The van der Waals surface area contributed by atoms with Gasteiger partial charge in [0.2, 0.25) is 0 Å². The fraction of sp³-hybridized carbons (Fsp3) is 0.500. The maximum atomic E-state index is 11.0. The highest BCUT2D eigenvalue weighted by molar-refractivity contribution is 5.88. The van der Waals surface area contributed by atoms with Crippen LogP contribution in [0.1, 0.15) is 54.1 Å². The molecule has 3 nitrogen and oxygen atoms in total. The Morgan fingerprint density at radius 3 is 2.73 bits per heavy atom. The number of aromatic nitrogens is 1. The molecule has 1 fully saturated rings. The van der Waals surface area contributed by atoms with Crippen LogP contribution in [0.2, 0.25) is 0 Å². The summed E-state index contributed by atoms with van der Waals surface area (Å²) in [6, 6.07) is 3.34. The number of hydrogen-bond acceptors (Lipinski definition) is 2. The summed E-state index contributed by atoms with van der Waals surface area (Å²) in [5.41, 5.74) is 1.16. The summed E-state index contributed by atoms with van der Waals surface area (Å²) in [4.78, 5) is 15.3. The lowest BCUT2D eigenvalue weighted by atomic mass is 9.85. The molecule has 0 bridgehead atoms.